The van der Waals surface area contributed by atoms with Crippen LogP contribution in [0.5, 0.6) is 0 Å². The van der Waals surface area contributed by atoms with Crippen LogP contribution in [0.3, 0.4) is 0 Å². The van der Waals surface area contributed by atoms with E-state index in [1.807, 2.05) is 31.2 Å². The quantitative estimate of drug-likeness (QED) is 0.529. The van der Waals surface area contributed by atoms with Crippen molar-refractivity contribution in [2.45, 2.75) is 31.7 Å². The van der Waals surface area contributed by atoms with Gasteiger partial charge in [-0.25, -0.2) is 9.78 Å². The number of amides is 2. The van der Waals surface area contributed by atoms with Crippen LogP contribution in [0.1, 0.15) is 47.3 Å². The molecule has 2 atom stereocenters. The summed E-state index contributed by atoms with van der Waals surface area (Å²) in [6.45, 7) is 2.39. The molecule has 1 aliphatic heterocycles. The van der Waals surface area contributed by atoms with Gasteiger partial charge in [0.2, 0.25) is 0 Å². The van der Waals surface area contributed by atoms with Crippen molar-refractivity contribution in [3.8, 4) is 11.1 Å². The maximum Gasteiger partial charge on any atom is 0.413 e. The number of aromatic nitrogens is 1. The highest BCUT2D eigenvalue weighted by Crippen LogP contribution is 2.44. The van der Waals surface area contributed by atoms with Crippen molar-refractivity contribution in [3.63, 3.8) is 0 Å². The number of likely N-dealkylation sites (tertiary alicyclic amines) is 1. The first-order valence-corrected chi connectivity index (χ1v) is 12.4. The Morgan fingerprint density at radius 2 is 1.77 bits per heavy atom. The number of carbonyl (C=O) groups is 3. The van der Waals surface area contributed by atoms with Gasteiger partial charge in [0.05, 0.1) is 5.92 Å². The van der Waals surface area contributed by atoms with Crippen molar-refractivity contribution in [1.29, 1.82) is 0 Å². The van der Waals surface area contributed by atoms with Crippen molar-refractivity contribution in [1.82, 2.24) is 9.88 Å². The molecular weight excluding hydrogens is 466 g/mol. The number of carboxylic acids is 1. The minimum atomic E-state index is -0.827. The van der Waals surface area contributed by atoms with Crippen molar-refractivity contribution in [3.05, 3.63) is 70.7 Å². The molecule has 2 heterocycles. The Kier molecular flexibility index (Phi) is 6.25. The van der Waals surface area contributed by atoms with Crippen LogP contribution < -0.4 is 5.32 Å². The molecule has 2 aliphatic rings. The van der Waals surface area contributed by atoms with Crippen molar-refractivity contribution < 1.29 is 24.2 Å². The number of nitrogens with one attached hydrogen (secondary N) is 1. The second-order valence-electron chi connectivity index (χ2n) is 8.90. The molecule has 2 N–H and O–H groups in total. The molecular formula is C26H25N3O5S. The molecule has 0 radical (unpaired) electrons. The van der Waals surface area contributed by atoms with Crippen LogP contribution in [0.15, 0.2) is 53.9 Å². The molecule has 8 nitrogen and oxygen atoms in total. The number of fused-ring (bicyclic) bond motifs is 3. The lowest BCUT2D eigenvalue weighted by atomic mass is 9.91. The number of rotatable bonds is 5. The van der Waals surface area contributed by atoms with Crippen LogP contribution in [0, 0.1) is 5.92 Å². The summed E-state index contributed by atoms with van der Waals surface area (Å²) in [6.07, 6.45) is 0.201. The third-order valence-electron chi connectivity index (χ3n) is 6.76. The van der Waals surface area contributed by atoms with Crippen LogP contribution in [0.2, 0.25) is 0 Å². The lowest BCUT2D eigenvalue weighted by Crippen LogP contribution is -2.46. The van der Waals surface area contributed by atoms with E-state index < -0.39 is 18.0 Å². The van der Waals surface area contributed by atoms with Crippen molar-refractivity contribution in [2.75, 3.05) is 18.5 Å². The van der Waals surface area contributed by atoms with E-state index >= 15 is 0 Å². The van der Waals surface area contributed by atoms with E-state index in [1.54, 1.807) is 10.3 Å². The summed E-state index contributed by atoms with van der Waals surface area (Å²) < 4.78 is 5.55. The van der Waals surface area contributed by atoms with Crippen LogP contribution in [-0.2, 0) is 9.53 Å². The fourth-order valence-electron chi connectivity index (χ4n) is 5.00. The molecule has 2 amide bonds. The van der Waals surface area contributed by atoms with Crippen molar-refractivity contribution in [2.24, 2.45) is 5.92 Å². The summed E-state index contributed by atoms with van der Waals surface area (Å²) in [5.74, 6) is -1.57. The van der Waals surface area contributed by atoms with Crippen LogP contribution in [0.4, 0.5) is 9.93 Å². The zero-order valence-corrected chi connectivity index (χ0v) is 20.0. The molecule has 0 bridgehead atoms. The number of nitrogens with zero attached hydrogens (tertiary/aromatic N) is 2. The third-order valence-corrected chi connectivity index (χ3v) is 7.52. The first-order valence-electron chi connectivity index (χ1n) is 11.5. The number of ether oxygens (including phenoxy) is 1. The molecule has 0 saturated carbocycles. The zero-order valence-electron chi connectivity index (χ0n) is 19.1. The van der Waals surface area contributed by atoms with Crippen LogP contribution >= 0.6 is 11.3 Å². The Hall–Kier alpha value is -3.72. The molecule has 0 spiro atoms. The molecule has 1 saturated heterocycles. The van der Waals surface area contributed by atoms with E-state index in [2.05, 4.69) is 34.6 Å². The molecule has 35 heavy (non-hydrogen) atoms. The minimum Gasteiger partial charge on any atom is -0.481 e. The van der Waals surface area contributed by atoms with Gasteiger partial charge in [0.15, 0.2) is 5.13 Å². The average Bonchev–Trinajstić information content (AvgIpc) is 3.45. The minimum absolute atomic E-state index is 0.0446. The van der Waals surface area contributed by atoms with E-state index in [4.69, 9.17) is 4.74 Å². The van der Waals surface area contributed by atoms with Crippen LogP contribution in [0.25, 0.3) is 11.1 Å². The largest absolute Gasteiger partial charge is 0.481 e. The van der Waals surface area contributed by atoms with E-state index in [1.165, 1.54) is 0 Å². The smallest absolute Gasteiger partial charge is 0.413 e. The Labute approximate surface area is 206 Å². The number of benzene rings is 2. The van der Waals surface area contributed by atoms with Crippen LogP contribution in [-0.4, -0.2) is 52.2 Å². The molecule has 5 rings (SSSR count). The van der Waals surface area contributed by atoms with Gasteiger partial charge in [0, 0.05) is 23.9 Å². The first kappa shape index (κ1) is 23.0. The van der Waals surface area contributed by atoms with Gasteiger partial charge in [-0.05, 0) is 42.0 Å². The highest BCUT2D eigenvalue weighted by molar-refractivity contribution is 7.14. The number of hydrogen-bond acceptors (Lipinski definition) is 6. The molecule has 9 heteroatoms. The Bertz CT molecular complexity index is 1240. The number of thiazole rings is 1. The van der Waals surface area contributed by atoms with Gasteiger partial charge in [-0.2, -0.15) is 0 Å². The van der Waals surface area contributed by atoms with Gasteiger partial charge in [0.1, 0.15) is 12.3 Å². The Morgan fingerprint density at radius 3 is 2.40 bits per heavy atom. The summed E-state index contributed by atoms with van der Waals surface area (Å²) in [5, 5.41) is 13.7. The van der Waals surface area contributed by atoms with Gasteiger partial charge < -0.3 is 14.7 Å². The zero-order chi connectivity index (χ0) is 24.5. The molecule has 3 aromatic rings. The SMILES string of the molecule is CC1CC(C(=O)O)CCN1C(=O)c1csc(NC(=O)OCC2c3ccccc3-c3ccccc32)n1. The highest BCUT2D eigenvalue weighted by atomic mass is 32.1. The summed E-state index contributed by atoms with van der Waals surface area (Å²) in [5.41, 5.74) is 4.79. The Morgan fingerprint density at radius 1 is 1.11 bits per heavy atom. The standard InChI is InChI=1S/C26H25N3O5S/c1-15-12-16(24(31)32)10-11-29(15)23(30)22-14-35-25(27-22)28-26(33)34-13-21-19-8-4-2-6-17(19)18-7-3-5-9-20(18)21/h2-9,14-16,21H,10-13H2,1H3,(H,31,32)(H,27,28,33). The van der Waals surface area contributed by atoms with E-state index in [0.717, 1.165) is 33.6 Å². The first-order chi connectivity index (χ1) is 16.9. The molecule has 2 aromatic carbocycles. The number of carbonyl (C=O) groups excluding carboxylic acids is 2. The number of aliphatic carboxylic acids is 1. The summed E-state index contributed by atoms with van der Waals surface area (Å²) >= 11 is 1.15. The lowest BCUT2D eigenvalue weighted by Gasteiger charge is -2.35. The highest BCUT2D eigenvalue weighted by Gasteiger charge is 2.33. The fourth-order valence-corrected chi connectivity index (χ4v) is 5.67. The molecule has 1 aliphatic carbocycles. The van der Waals surface area contributed by atoms with E-state index in [9.17, 15) is 19.5 Å². The summed E-state index contributed by atoms with van der Waals surface area (Å²) in [7, 11) is 0. The molecule has 1 fully saturated rings. The number of piperidine rings is 1. The monoisotopic (exact) mass is 491 g/mol. The topological polar surface area (TPSA) is 109 Å². The predicted molar refractivity (Wildman–Crippen MR) is 132 cm³/mol. The summed E-state index contributed by atoms with van der Waals surface area (Å²) in [6, 6.07) is 16.0. The molecule has 2 unspecified atom stereocenters. The second-order valence-corrected chi connectivity index (χ2v) is 9.75. The number of anilines is 1. The van der Waals surface area contributed by atoms with Gasteiger partial charge in [0.25, 0.3) is 5.91 Å². The van der Waals surface area contributed by atoms with Gasteiger partial charge in [-0.3, -0.25) is 14.9 Å². The fraction of sp³-hybridized carbons (Fsp3) is 0.308. The van der Waals surface area contributed by atoms with E-state index in [0.29, 0.717) is 19.4 Å². The molecule has 1 aromatic heterocycles. The molecule has 180 valence electrons. The van der Waals surface area contributed by atoms with Crippen molar-refractivity contribution >= 4 is 34.4 Å². The number of hydrogen-bond donors (Lipinski definition) is 2. The average molecular weight is 492 g/mol. The Balaban J connectivity index is 1.20. The summed E-state index contributed by atoms with van der Waals surface area (Å²) in [4.78, 5) is 42.6. The number of carboxylic acid groups (broad SMARTS) is 1. The van der Waals surface area contributed by atoms with Gasteiger partial charge in [-0.15, -0.1) is 11.3 Å². The maximum absolute atomic E-state index is 12.9. The third kappa shape index (κ3) is 4.51. The van der Waals surface area contributed by atoms with Gasteiger partial charge >= 0.3 is 12.1 Å². The normalized spacial score (nSPS) is 19.1. The maximum atomic E-state index is 12.9. The van der Waals surface area contributed by atoms with E-state index in [-0.39, 0.29) is 35.3 Å². The van der Waals surface area contributed by atoms with Gasteiger partial charge in [-0.1, -0.05) is 48.5 Å². The second kappa shape index (κ2) is 9.50. The predicted octanol–water partition coefficient (Wildman–Crippen LogP) is 4.83. The lowest BCUT2D eigenvalue weighted by molar-refractivity contribution is -0.143.